The predicted molar refractivity (Wildman–Crippen MR) is 69.0 cm³/mol. The zero-order valence-electron chi connectivity index (χ0n) is 10.3. The van der Waals surface area contributed by atoms with Gasteiger partial charge in [0.2, 0.25) is 0 Å². The lowest BCUT2D eigenvalue weighted by Gasteiger charge is -2.12. The van der Waals surface area contributed by atoms with Crippen LogP contribution in [-0.2, 0) is 16.0 Å². The average molecular weight is 274 g/mol. The number of ether oxygens (including phenoxy) is 1. The van der Waals surface area contributed by atoms with Crippen LogP contribution < -0.4 is 5.73 Å². The fraction of sp³-hybridized carbons (Fsp3) is 0.462. The maximum absolute atomic E-state index is 13.4. The summed E-state index contributed by atoms with van der Waals surface area (Å²) in [4.78, 5) is 11.1. The molecule has 2 N–H and O–H groups in total. The number of carbonyl (C=O) groups is 1. The number of hydrogen-bond donors (Lipinski definition) is 1. The Kier molecular flexibility index (Phi) is 6.09. The van der Waals surface area contributed by atoms with Crippen LogP contribution in [0.2, 0.25) is 5.02 Å². The Balaban J connectivity index is 2.46. The van der Waals surface area contributed by atoms with Gasteiger partial charge >= 0.3 is 5.97 Å². The Labute approximate surface area is 111 Å². The lowest BCUT2D eigenvalue weighted by molar-refractivity contribution is -0.143. The molecule has 0 radical (unpaired) electrons. The van der Waals surface area contributed by atoms with Crippen molar-refractivity contribution in [1.29, 1.82) is 0 Å². The van der Waals surface area contributed by atoms with Gasteiger partial charge in [-0.05, 0) is 43.5 Å². The number of nitrogens with two attached hydrogens (primary N) is 1. The van der Waals surface area contributed by atoms with Crippen molar-refractivity contribution in [2.24, 2.45) is 5.73 Å². The Morgan fingerprint density at radius 3 is 2.94 bits per heavy atom. The highest BCUT2D eigenvalue weighted by molar-refractivity contribution is 6.30. The van der Waals surface area contributed by atoms with Crippen LogP contribution in [0.25, 0.3) is 0 Å². The molecular formula is C13H17ClFNO2. The molecule has 0 bridgehead atoms. The number of benzene rings is 1. The molecule has 18 heavy (non-hydrogen) atoms. The standard InChI is InChI=1S/C13H17ClFNO2/c1-2-18-13(17)6-4-11(16)8-9-7-10(14)3-5-12(9)15/h3,5,7,11H,2,4,6,8,16H2,1H3. The quantitative estimate of drug-likeness (QED) is 0.811. The number of rotatable bonds is 6. The molecule has 0 fully saturated rings. The van der Waals surface area contributed by atoms with Crippen LogP contribution in [0.1, 0.15) is 25.3 Å². The van der Waals surface area contributed by atoms with Gasteiger partial charge in [-0.2, -0.15) is 0 Å². The van der Waals surface area contributed by atoms with E-state index in [0.29, 0.717) is 30.0 Å². The second kappa shape index (κ2) is 7.34. The predicted octanol–water partition coefficient (Wildman–Crippen LogP) is 2.69. The van der Waals surface area contributed by atoms with Gasteiger partial charge in [0.05, 0.1) is 6.61 Å². The molecule has 0 aliphatic carbocycles. The first-order valence-corrected chi connectivity index (χ1v) is 6.25. The third kappa shape index (κ3) is 5.02. The highest BCUT2D eigenvalue weighted by Crippen LogP contribution is 2.17. The molecule has 0 aliphatic heterocycles. The summed E-state index contributed by atoms with van der Waals surface area (Å²) in [6.07, 6.45) is 1.06. The van der Waals surface area contributed by atoms with E-state index in [1.165, 1.54) is 12.1 Å². The van der Waals surface area contributed by atoms with Gasteiger partial charge in [-0.25, -0.2) is 4.39 Å². The van der Waals surface area contributed by atoms with E-state index in [1.807, 2.05) is 0 Å². The molecule has 0 saturated carbocycles. The fourth-order valence-electron chi connectivity index (χ4n) is 1.62. The normalized spacial score (nSPS) is 12.2. The molecule has 1 rings (SSSR count). The molecule has 1 aromatic rings. The first-order valence-electron chi connectivity index (χ1n) is 5.88. The molecule has 0 aromatic heterocycles. The Hall–Kier alpha value is -1.13. The molecule has 0 aliphatic rings. The van der Waals surface area contributed by atoms with Crippen LogP contribution >= 0.6 is 11.6 Å². The van der Waals surface area contributed by atoms with E-state index in [9.17, 15) is 9.18 Å². The topological polar surface area (TPSA) is 52.3 Å². The minimum atomic E-state index is -0.328. The van der Waals surface area contributed by atoms with Gasteiger partial charge in [0.1, 0.15) is 5.82 Å². The summed E-state index contributed by atoms with van der Waals surface area (Å²) in [5.74, 6) is -0.606. The monoisotopic (exact) mass is 273 g/mol. The van der Waals surface area contributed by atoms with Crippen molar-refractivity contribution in [2.45, 2.75) is 32.2 Å². The second-order valence-corrected chi connectivity index (χ2v) is 4.48. The van der Waals surface area contributed by atoms with Gasteiger partial charge in [-0.3, -0.25) is 4.79 Å². The van der Waals surface area contributed by atoms with Crippen LogP contribution in [-0.4, -0.2) is 18.6 Å². The molecule has 0 amide bonds. The van der Waals surface area contributed by atoms with Crippen molar-refractivity contribution < 1.29 is 13.9 Å². The van der Waals surface area contributed by atoms with Gasteiger partial charge in [0.15, 0.2) is 0 Å². The third-order valence-electron chi connectivity index (χ3n) is 2.51. The average Bonchev–Trinajstić information content (AvgIpc) is 2.32. The van der Waals surface area contributed by atoms with E-state index in [-0.39, 0.29) is 24.2 Å². The van der Waals surface area contributed by atoms with Crippen molar-refractivity contribution in [2.75, 3.05) is 6.61 Å². The zero-order valence-corrected chi connectivity index (χ0v) is 11.0. The molecule has 3 nitrogen and oxygen atoms in total. The lowest BCUT2D eigenvalue weighted by Crippen LogP contribution is -2.24. The molecule has 1 aromatic carbocycles. The highest BCUT2D eigenvalue weighted by atomic mass is 35.5. The molecule has 100 valence electrons. The highest BCUT2D eigenvalue weighted by Gasteiger charge is 2.11. The summed E-state index contributed by atoms with van der Waals surface area (Å²) in [7, 11) is 0. The van der Waals surface area contributed by atoms with Crippen molar-refractivity contribution in [3.05, 3.63) is 34.6 Å². The van der Waals surface area contributed by atoms with Crippen molar-refractivity contribution >= 4 is 17.6 Å². The first-order chi connectivity index (χ1) is 8.52. The van der Waals surface area contributed by atoms with Crippen LogP contribution in [0.3, 0.4) is 0 Å². The van der Waals surface area contributed by atoms with E-state index in [1.54, 1.807) is 13.0 Å². The van der Waals surface area contributed by atoms with Gasteiger partial charge in [-0.15, -0.1) is 0 Å². The minimum Gasteiger partial charge on any atom is -0.466 e. The summed E-state index contributed by atoms with van der Waals surface area (Å²) < 4.78 is 18.2. The lowest BCUT2D eigenvalue weighted by atomic mass is 10.0. The summed E-state index contributed by atoms with van der Waals surface area (Å²) in [6.45, 7) is 2.11. The van der Waals surface area contributed by atoms with Gasteiger partial charge in [-0.1, -0.05) is 11.6 Å². The van der Waals surface area contributed by atoms with Gasteiger partial charge < -0.3 is 10.5 Å². The summed E-state index contributed by atoms with van der Waals surface area (Å²) >= 11 is 5.79. The fourth-order valence-corrected chi connectivity index (χ4v) is 1.82. The number of hydrogen-bond acceptors (Lipinski definition) is 3. The van der Waals surface area contributed by atoms with Crippen LogP contribution in [0.15, 0.2) is 18.2 Å². The summed E-state index contributed by atoms with van der Waals surface area (Å²) in [5.41, 5.74) is 6.32. The molecule has 0 spiro atoms. The molecule has 1 atom stereocenters. The van der Waals surface area contributed by atoms with Crippen LogP contribution in [0.5, 0.6) is 0 Å². The third-order valence-corrected chi connectivity index (χ3v) is 2.75. The number of carbonyl (C=O) groups excluding carboxylic acids is 1. The minimum absolute atomic E-state index is 0.247. The largest absolute Gasteiger partial charge is 0.466 e. The first kappa shape index (κ1) is 14.9. The molecule has 0 heterocycles. The molecular weight excluding hydrogens is 257 g/mol. The zero-order chi connectivity index (χ0) is 13.5. The van der Waals surface area contributed by atoms with Crippen molar-refractivity contribution in [1.82, 2.24) is 0 Å². The SMILES string of the molecule is CCOC(=O)CCC(N)Cc1cc(Cl)ccc1F. The number of halogens is 2. The van der Waals surface area contributed by atoms with E-state index in [2.05, 4.69) is 0 Å². The Bertz CT molecular complexity index is 412. The van der Waals surface area contributed by atoms with Crippen molar-refractivity contribution in [3.8, 4) is 0 Å². The maximum Gasteiger partial charge on any atom is 0.305 e. The van der Waals surface area contributed by atoms with Crippen LogP contribution in [0, 0.1) is 5.82 Å². The Morgan fingerprint density at radius 2 is 2.28 bits per heavy atom. The smallest absolute Gasteiger partial charge is 0.305 e. The van der Waals surface area contributed by atoms with E-state index in [4.69, 9.17) is 22.1 Å². The maximum atomic E-state index is 13.4. The summed E-state index contributed by atoms with van der Waals surface area (Å²) in [5, 5.41) is 0.476. The van der Waals surface area contributed by atoms with E-state index < -0.39 is 0 Å². The van der Waals surface area contributed by atoms with Gasteiger partial charge in [0, 0.05) is 17.5 Å². The van der Waals surface area contributed by atoms with E-state index >= 15 is 0 Å². The Morgan fingerprint density at radius 1 is 1.56 bits per heavy atom. The summed E-state index contributed by atoms with van der Waals surface area (Å²) in [6, 6.07) is 4.07. The molecule has 1 unspecified atom stereocenters. The van der Waals surface area contributed by atoms with Gasteiger partial charge in [0.25, 0.3) is 0 Å². The van der Waals surface area contributed by atoms with Crippen molar-refractivity contribution in [3.63, 3.8) is 0 Å². The van der Waals surface area contributed by atoms with Crippen LogP contribution in [0.4, 0.5) is 4.39 Å². The molecule has 0 saturated heterocycles. The van der Waals surface area contributed by atoms with E-state index in [0.717, 1.165) is 0 Å². The second-order valence-electron chi connectivity index (χ2n) is 4.04. The molecule has 5 heteroatoms. The number of esters is 1.